The maximum Gasteiger partial charge on any atom is 0.416 e. The molecule has 0 aliphatic rings. The van der Waals surface area contributed by atoms with Gasteiger partial charge in [0.25, 0.3) is 0 Å². The van der Waals surface area contributed by atoms with Gasteiger partial charge in [-0.05, 0) is 55.0 Å². The molecular formula is C22H19F5N2O2. The summed E-state index contributed by atoms with van der Waals surface area (Å²) in [6, 6.07) is 8.69. The summed E-state index contributed by atoms with van der Waals surface area (Å²) in [4.78, 5) is 0. The average Bonchev–Trinajstić information content (AvgIpc) is 3.18. The van der Waals surface area contributed by atoms with Gasteiger partial charge < -0.3 is 10.2 Å². The Bertz CT molecular complexity index is 1070. The zero-order valence-corrected chi connectivity index (χ0v) is 16.3. The van der Waals surface area contributed by atoms with E-state index >= 15 is 0 Å². The first-order chi connectivity index (χ1) is 14.6. The molecule has 2 aromatic carbocycles. The lowest BCUT2D eigenvalue weighted by Gasteiger charge is -2.12. The Kier molecular flexibility index (Phi) is 6.56. The van der Waals surface area contributed by atoms with Crippen LogP contribution in [0.15, 0.2) is 60.7 Å². The highest BCUT2D eigenvalue weighted by atomic mass is 19.4. The molecule has 2 N–H and O–H groups in total. The van der Waals surface area contributed by atoms with Crippen molar-refractivity contribution in [2.45, 2.75) is 31.7 Å². The molecule has 2 unspecified atom stereocenters. The van der Waals surface area contributed by atoms with Crippen molar-refractivity contribution in [2.75, 3.05) is 0 Å². The maximum atomic E-state index is 13.7. The molecule has 164 valence electrons. The Morgan fingerprint density at radius 3 is 2.23 bits per heavy atom. The van der Waals surface area contributed by atoms with Gasteiger partial charge in [-0.1, -0.05) is 19.1 Å². The Hall–Kier alpha value is -3.04. The van der Waals surface area contributed by atoms with E-state index in [-0.39, 0.29) is 22.6 Å². The fourth-order valence-electron chi connectivity index (χ4n) is 2.87. The van der Waals surface area contributed by atoms with E-state index in [1.165, 1.54) is 41.1 Å². The van der Waals surface area contributed by atoms with Gasteiger partial charge in [-0.2, -0.15) is 18.3 Å². The van der Waals surface area contributed by atoms with Crippen LogP contribution in [0.1, 0.15) is 30.7 Å². The summed E-state index contributed by atoms with van der Waals surface area (Å²) in [6.45, 7) is 1.75. The molecule has 1 aromatic heterocycles. The highest BCUT2D eigenvalue weighted by Gasteiger charge is 2.30. The Morgan fingerprint density at radius 1 is 0.968 bits per heavy atom. The lowest BCUT2D eigenvalue weighted by Crippen LogP contribution is -2.09. The van der Waals surface area contributed by atoms with E-state index in [9.17, 15) is 32.2 Å². The van der Waals surface area contributed by atoms with Crippen molar-refractivity contribution in [2.24, 2.45) is 0 Å². The van der Waals surface area contributed by atoms with Gasteiger partial charge in [-0.3, -0.25) is 0 Å². The fraction of sp³-hybridized carbons (Fsp3) is 0.227. The van der Waals surface area contributed by atoms with Crippen LogP contribution in [-0.2, 0) is 6.18 Å². The number of rotatable bonds is 6. The summed E-state index contributed by atoms with van der Waals surface area (Å²) in [5.41, 5.74) is -0.0652. The molecule has 4 nitrogen and oxygen atoms in total. The van der Waals surface area contributed by atoms with E-state index in [1.807, 2.05) is 0 Å². The van der Waals surface area contributed by atoms with E-state index in [2.05, 4.69) is 5.10 Å². The van der Waals surface area contributed by atoms with Gasteiger partial charge >= 0.3 is 6.18 Å². The van der Waals surface area contributed by atoms with E-state index in [0.29, 0.717) is 6.42 Å². The molecule has 0 bridgehead atoms. The third-order valence-corrected chi connectivity index (χ3v) is 4.63. The van der Waals surface area contributed by atoms with E-state index < -0.39 is 35.6 Å². The van der Waals surface area contributed by atoms with Crippen LogP contribution in [0.5, 0.6) is 0 Å². The standard InChI is InChI=1S/C22H19F5N2O2/c1-2-16(30)8-10-21(31)20-12-19(13-3-9-17(23)18(24)11-13)28-29(20)15-6-4-14(5-7-15)22(25,26)27/h3-12,16,21,30-31H,2H2,1H3/b10-8-. The van der Waals surface area contributed by atoms with Gasteiger partial charge in [-0.25, -0.2) is 13.5 Å². The van der Waals surface area contributed by atoms with Crippen molar-refractivity contribution in [3.8, 4) is 16.9 Å². The first-order valence-electron chi connectivity index (χ1n) is 9.37. The molecular weight excluding hydrogens is 419 g/mol. The molecule has 1 heterocycles. The molecule has 0 amide bonds. The van der Waals surface area contributed by atoms with Crippen molar-refractivity contribution in [3.63, 3.8) is 0 Å². The van der Waals surface area contributed by atoms with Crippen molar-refractivity contribution in [3.05, 3.63) is 83.6 Å². The van der Waals surface area contributed by atoms with E-state index in [4.69, 9.17) is 0 Å². The zero-order valence-electron chi connectivity index (χ0n) is 16.3. The van der Waals surface area contributed by atoms with Crippen molar-refractivity contribution < 1.29 is 32.2 Å². The van der Waals surface area contributed by atoms with Crippen LogP contribution in [0.2, 0.25) is 0 Å². The molecule has 0 aliphatic carbocycles. The summed E-state index contributed by atoms with van der Waals surface area (Å²) in [7, 11) is 0. The number of aliphatic hydroxyl groups excluding tert-OH is 2. The largest absolute Gasteiger partial charge is 0.416 e. The zero-order chi connectivity index (χ0) is 22.8. The third-order valence-electron chi connectivity index (χ3n) is 4.63. The van der Waals surface area contributed by atoms with Crippen molar-refractivity contribution in [1.29, 1.82) is 0 Å². The average molecular weight is 438 g/mol. The lowest BCUT2D eigenvalue weighted by atomic mass is 10.1. The molecule has 0 fully saturated rings. The molecule has 0 saturated heterocycles. The summed E-state index contributed by atoms with van der Waals surface area (Å²) >= 11 is 0. The van der Waals surface area contributed by atoms with Gasteiger partial charge in [0.1, 0.15) is 6.10 Å². The molecule has 0 saturated carbocycles. The predicted octanol–water partition coefficient (Wildman–Crippen LogP) is 5.20. The van der Waals surface area contributed by atoms with Gasteiger partial charge in [0.05, 0.1) is 28.7 Å². The topological polar surface area (TPSA) is 58.3 Å². The van der Waals surface area contributed by atoms with E-state index in [1.54, 1.807) is 6.92 Å². The van der Waals surface area contributed by atoms with Crippen molar-refractivity contribution in [1.82, 2.24) is 9.78 Å². The molecule has 3 aromatic rings. The minimum atomic E-state index is -4.51. The third kappa shape index (κ3) is 5.18. The summed E-state index contributed by atoms with van der Waals surface area (Å²) in [6.07, 6.45) is -3.45. The van der Waals surface area contributed by atoms with Crippen LogP contribution in [0.25, 0.3) is 16.9 Å². The number of aliphatic hydroxyl groups is 2. The van der Waals surface area contributed by atoms with Gasteiger partial charge in [0.2, 0.25) is 0 Å². The van der Waals surface area contributed by atoms with Crippen LogP contribution in [0.3, 0.4) is 0 Å². The fourth-order valence-corrected chi connectivity index (χ4v) is 2.87. The smallest absolute Gasteiger partial charge is 0.389 e. The lowest BCUT2D eigenvalue weighted by molar-refractivity contribution is -0.137. The number of aromatic nitrogens is 2. The Labute approximate surface area is 174 Å². The first kappa shape index (κ1) is 22.6. The van der Waals surface area contributed by atoms with Crippen LogP contribution in [0, 0.1) is 11.6 Å². The summed E-state index contributed by atoms with van der Waals surface area (Å²) in [5, 5.41) is 24.5. The number of benzene rings is 2. The Balaban J connectivity index is 2.08. The number of nitrogens with zero attached hydrogens (tertiary/aromatic N) is 2. The second-order valence-electron chi connectivity index (χ2n) is 6.85. The van der Waals surface area contributed by atoms with Gasteiger partial charge in [0, 0.05) is 5.56 Å². The number of halogens is 5. The minimum absolute atomic E-state index is 0.166. The number of hydrogen-bond donors (Lipinski definition) is 2. The number of alkyl halides is 3. The van der Waals surface area contributed by atoms with Crippen LogP contribution in [0.4, 0.5) is 22.0 Å². The van der Waals surface area contributed by atoms with Crippen LogP contribution < -0.4 is 0 Å². The van der Waals surface area contributed by atoms with Gasteiger partial charge in [-0.15, -0.1) is 0 Å². The van der Waals surface area contributed by atoms with Crippen LogP contribution in [-0.4, -0.2) is 26.1 Å². The minimum Gasteiger partial charge on any atom is -0.389 e. The second kappa shape index (κ2) is 8.99. The molecule has 2 atom stereocenters. The molecule has 9 heteroatoms. The normalized spacial score (nSPS) is 14.2. The van der Waals surface area contributed by atoms with Crippen LogP contribution >= 0.6 is 0 Å². The first-order valence-corrected chi connectivity index (χ1v) is 9.37. The predicted molar refractivity (Wildman–Crippen MR) is 104 cm³/mol. The molecule has 31 heavy (non-hydrogen) atoms. The monoisotopic (exact) mass is 438 g/mol. The SMILES string of the molecule is CCC(O)/C=C\C(O)c1cc(-c2ccc(F)c(F)c2)nn1-c1ccc(C(F)(F)F)cc1. The molecule has 0 aliphatic heterocycles. The highest BCUT2D eigenvalue weighted by molar-refractivity contribution is 5.60. The summed E-state index contributed by atoms with van der Waals surface area (Å²) in [5.74, 6) is -2.13. The summed E-state index contributed by atoms with van der Waals surface area (Å²) < 4.78 is 66.8. The molecule has 3 rings (SSSR count). The van der Waals surface area contributed by atoms with Gasteiger partial charge in [0.15, 0.2) is 11.6 Å². The molecule has 0 spiro atoms. The Morgan fingerprint density at radius 2 is 1.65 bits per heavy atom. The highest BCUT2D eigenvalue weighted by Crippen LogP contribution is 2.31. The quantitative estimate of drug-likeness (QED) is 0.411. The maximum absolute atomic E-state index is 13.7. The van der Waals surface area contributed by atoms with E-state index in [0.717, 1.165) is 24.3 Å². The number of hydrogen-bond acceptors (Lipinski definition) is 3. The second-order valence-corrected chi connectivity index (χ2v) is 6.85. The molecule has 0 radical (unpaired) electrons. The van der Waals surface area contributed by atoms with Crippen molar-refractivity contribution >= 4 is 0 Å².